The molecule has 1 aliphatic heterocycles. The van der Waals surface area contributed by atoms with Crippen molar-refractivity contribution in [2.75, 3.05) is 26.2 Å². The van der Waals surface area contributed by atoms with Gasteiger partial charge in [0.05, 0.1) is 31.9 Å². The molecule has 1 fully saturated rings. The summed E-state index contributed by atoms with van der Waals surface area (Å²) in [6, 6.07) is 18.0. The van der Waals surface area contributed by atoms with Crippen LogP contribution in [-0.2, 0) is 22.3 Å². The molecule has 0 spiro atoms. The Kier molecular flexibility index (Phi) is 5.33. The molecule has 0 atom stereocenters. The van der Waals surface area contributed by atoms with Crippen LogP contribution in [0, 0.1) is 6.92 Å². The van der Waals surface area contributed by atoms with Gasteiger partial charge in [-0.25, -0.2) is 8.42 Å². The molecule has 0 unspecified atom stereocenters. The number of aryl methyl sites for hydroxylation is 1. The molecular weight excluding hydrogens is 320 g/mol. The minimum Gasteiger partial charge on any atom is -0.329 e. The zero-order chi connectivity index (χ0) is 17.0. The van der Waals surface area contributed by atoms with Crippen molar-refractivity contribution >= 4 is 10.0 Å². The number of hydrogen-bond acceptors (Lipinski definition) is 2. The van der Waals surface area contributed by atoms with Gasteiger partial charge in [0.25, 0.3) is 0 Å². The molecule has 128 valence electrons. The average Bonchev–Trinajstić information content (AvgIpc) is 2.56. The predicted molar refractivity (Wildman–Crippen MR) is 96.2 cm³/mol. The first-order valence-electron chi connectivity index (χ1n) is 8.44. The molecule has 1 aliphatic rings. The third-order valence-corrected chi connectivity index (χ3v) is 6.40. The molecule has 3 rings (SSSR count). The molecule has 0 saturated carbocycles. The summed E-state index contributed by atoms with van der Waals surface area (Å²) in [6.45, 7) is 6.01. The maximum absolute atomic E-state index is 12.6. The molecule has 0 radical (unpaired) electrons. The fourth-order valence-electron chi connectivity index (χ4n) is 3.24. The highest BCUT2D eigenvalue weighted by molar-refractivity contribution is 7.88. The van der Waals surface area contributed by atoms with Gasteiger partial charge in [-0.2, -0.15) is 4.31 Å². The molecule has 1 N–H and O–H groups in total. The van der Waals surface area contributed by atoms with E-state index in [-0.39, 0.29) is 5.75 Å². The van der Waals surface area contributed by atoms with Gasteiger partial charge in [-0.15, -0.1) is 0 Å². The van der Waals surface area contributed by atoms with Gasteiger partial charge in [0, 0.05) is 5.56 Å². The molecule has 24 heavy (non-hydrogen) atoms. The number of rotatable bonds is 5. The molecule has 0 bridgehead atoms. The summed E-state index contributed by atoms with van der Waals surface area (Å²) >= 11 is 0. The van der Waals surface area contributed by atoms with E-state index in [0.717, 1.165) is 25.2 Å². The van der Waals surface area contributed by atoms with Crippen molar-refractivity contribution in [3.8, 4) is 0 Å². The molecule has 0 aliphatic carbocycles. The molecule has 0 aromatic heterocycles. The van der Waals surface area contributed by atoms with E-state index in [9.17, 15) is 8.42 Å². The number of hydrogen-bond donors (Lipinski definition) is 1. The quantitative estimate of drug-likeness (QED) is 0.886. The smallest absolute Gasteiger partial charge is 0.218 e. The lowest BCUT2D eigenvalue weighted by atomic mass is 10.1. The molecule has 2 aromatic carbocycles. The van der Waals surface area contributed by atoms with Gasteiger partial charge in [0.15, 0.2) is 0 Å². The predicted octanol–water partition coefficient (Wildman–Crippen LogP) is 1.23. The Hall–Kier alpha value is -1.69. The Morgan fingerprint density at radius 2 is 1.62 bits per heavy atom. The van der Waals surface area contributed by atoms with Gasteiger partial charge < -0.3 is 4.90 Å². The Bertz CT molecular complexity index is 767. The fraction of sp³-hybridized carbons (Fsp3) is 0.368. The highest BCUT2D eigenvalue weighted by atomic mass is 32.2. The first kappa shape index (κ1) is 17.1. The normalized spacial score (nSPS) is 17.0. The Balaban J connectivity index is 1.56. The number of nitrogens with one attached hydrogen (secondary N) is 1. The van der Waals surface area contributed by atoms with Crippen LogP contribution >= 0.6 is 0 Å². The number of sulfonamides is 1. The number of benzene rings is 2. The van der Waals surface area contributed by atoms with Crippen LogP contribution in [0.2, 0.25) is 0 Å². The third kappa shape index (κ3) is 4.44. The van der Waals surface area contributed by atoms with E-state index in [4.69, 9.17) is 0 Å². The van der Waals surface area contributed by atoms with Crippen LogP contribution in [0.4, 0.5) is 0 Å². The van der Waals surface area contributed by atoms with E-state index in [2.05, 4.69) is 31.2 Å². The maximum Gasteiger partial charge on any atom is 0.218 e. The monoisotopic (exact) mass is 345 g/mol. The standard InChI is InChI=1S/C19H24N2O2S/c1-17-6-5-9-19(14-17)15-20-10-12-21(13-11-20)24(22,23)16-18-7-3-2-4-8-18/h2-9,14H,10-13,15-16H2,1H3/p+1. The van der Waals surface area contributed by atoms with Crippen LogP contribution in [-0.4, -0.2) is 38.9 Å². The molecular formula is C19H25N2O2S+. The second-order valence-electron chi connectivity index (χ2n) is 6.56. The first-order valence-corrected chi connectivity index (χ1v) is 10.0. The van der Waals surface area contributed by atoms with Crippen LogP contribution in [0.3, 0.4) is 0 Å². The Labute approximate surface area is 144 Å². The highest BCUT2D eigenvalue weighted by Crippen LogP contribution is 2.11. The molecule has 4 nitrogen and oxygen atoms in total. The van der Waals surface area contributed by atoms with E-state index >= 15 is 0 Å². The molecule has 0 amide bonds. The Morgan fingerprint density at radius 3 is 2.29 bits per heavy atom. The van der Waals surface area contributed by atoms with Crippen molar-refractivity contribution in [1.82, 2.24) is 4.31 Å². The summed E-state index contributed by atoms with van der Waals surface area (Å²) in [5.74, 6) is 0.0983. The lowest BCUT2D eigenvalue weighted by molar-refractivity contribution is -0.917. The van der Waals surface area contributed by atoms with Crippen LogP contribution in [0.5, 0.6) is 0 Å². The van der Waals surface area contributed by atoms with Crippen LogP contribution in [0.25, 0.3) is 0 Å². The zero-order valence-corrected chi connectivity index (χ0v) is 14.9. The summed E-state index contributed by atoms with van der Waals surface area (Å²) in [7, 11) is -3.22. The van der Waals surface area contributed by atoms with Crippen LogP contribution in [0.1, 0.15) is 16.7 Å². The van der Waals surface area contributed by atoms with Gasteiger partial charge in [-0.1, -0.05) is 60.2 Å². The molecule has 1 saturated heterocycles. The Morgan fingerprint density at radius 1 is 0.958 bits per heavy atom. The van der Waals surface area contributed by atoms with Gasteiger partial charge in [-0.05, 0) is 12.5 Å². The van der Waals surface area contributed by atoms with E-state index in [0.29, 0.717) is 13.1 Å². The van der Waals surface area contributed by atoms with Crippen LogP contribution in [0.15, 0.2) is 54.6 Å². The van der Waals surface area contributed by atoms with Crippen molar-refractivity contribution in [1.29, 1.82) is 0 Å². The topological polar surface area (TPSA) is 41.8 Å². The summed E-state index contributed by atoms with van der Waals surface area (Å²) in [6.07, 6.45) is 0. The lowest BCUT2D eigenvalue weighted by Crippen LogP contribution is -3.13. The van der Waals surface area contributed by atoms with E-state index < -0.39 is 10.0 Å². The summed E-state index contributed by atoms with van der Waals surface area (Å²) in [5, 5.41) is 0. The van der Waals surface area contributed by atoms with Gasteiger partial charge in [0.2, 0.25) is 10.0 Å². The fourth-order valence-corrected chi connectivity index (χ4v) is 4.78. The molecule has 2 aromatic rings. The number of nitrogens with zero attached hydrogens (tertiary/aromatic N) is 1. The van der Waals surface area contributed by atoms with Crippen molar-refractivity contribution in [2.24, 2.45) is 0 Å². The molecule has 1 heterocycles. The van der Waals surface area contributed by atoms with Gasteiger partial charge in [-0.3, -0.25) is 0 Å². The van der Waals surface area contributed by atoms with Gasteiger partial charge >= 0.3 is 0 Å². The number of quaternary nitrogens is 1. The summed E-state index contributed by atoms with van der Waals surface area (Å²) in [5.41, 5.74) is 3.45. The minimum absolute atomic E-state index is 0.0983. The summed E-state index contributed by atoms with van der Waals surface area (Å²) < 4.78 is 26.8. The largest absolute Gasteiger partial charge is 0.329 e. The minimum atomic E-state index is -3.22. The first-order chi connectivity index (χ1) is 11.5. The SMILES string of the molecule is Cc1cccc(C[NH+]2CCN(S(=O)(=O)Cc3ccccc3)CC2)c1. The average molecular weight is 345 g/mol. The van der Waals surface area contributed by atoms with Crippen LogP contribution < -0.4 is 4.90 Å². The second kappa shape index (κ2) is 7.47. The highest BCUT2D eigenvalue weighted by Gasteiger charge is 2.29. The van der Waals surface area contributed by atoms with Crippen molar-refractivity contribution in [2.45, 2.75) is 19.2 Å². The van der Waals surface area contributed by atoms with Crippen molar-refractivity contribution in [3.63, 3.8) is 0 Å². The summed E-state index contributed by atoms with van der Waals surface area (Å²) in [4.78, 5) is 1.45. The number of piperazine rings is 1. The van der Waals surface area contributed by atoms with Gasteiger partial charge in [0.1, 0.15) is 6.54 Å². The van der Waals surface area contributed by atoms with Crippen molar-refractivity contribution < 1.29 is 13.3 Å². The second-order valence-corrected chi connectivity index (χ2v) is 8.53. The van der Waals surface area contributed by atoms with E-state index in [1.807, 2.05) is 30.3 Å². The van der Waals surface area contributed by atoms with E-state index in [1.165, 1.54) is 16.0 Å². The maximum atomic E-state index is 12.6. The third-order valence-electron chi connectivity index (χ3n) is 4.55. The molecule has 5 heteroatoms. The lowest BCUT2D eigenvalue weighted by Gasteiger charge is -2.31. The van der Waals surface area contributed by atoms with E-state index in [1.54, 1.807) is 4.31 Å². The zero-order valence-electron chi connectivity index (χ0n) is 14.1. The van der Waals surface area contributed by atoms with Crippen molar-refractivity contribution in [3.05, 3.63) is 71.3 Å².